The van der Waals surface area contributed by atoms with Crippen LogP contribution in [0.5, 0.6) is 0 Å². The molecular formula is C11H12BrN3O2S. The molecule has 0 saturated heterocycles. The maximum absolute atomic E-state index is 12.0. The van der Waals surface area contributed by atoms with Crippen LogP contribution in [0.4, 0.5) is 5.69 Å². The van der Waals surface area contributed by atoms with E-state index in [4.69, 9.17) is 0 Å². The molecule has 5 nitrogen and oxygen atoms in total. The Morgan fingerprint density at radius 2 is 2.11 bits per heavy atom. The Kier molecular flexibility index (Phi) is 3.45. The summed E-state index contributed by atoms with van der Waals surface area (Å²) in [6.07, 6.45) is 2.89. The summed E-state index contributed by atoms with van der Waals surface area (Å²) in [6.45, 7) is 1.93. The van der Waals surface area contributed by atoms with E-state index >= 15 is 0 Å². The topological polar surface area (TPSA) is 64.0 Å². The van der Waals surface area contributed by atoms with Crippen molar-refractivity contribution in [3.05, 3.63) is 40.8 Å². The van der Waals surface area contributed by atoms with Crippen LogP contribution in [0.2, 0.25) is 0 Å². The second-order valence-corrected chi connectivity index (χ2v) is 6.43. The minimum atomic E-state index is -3.62. The van der Waals surface area contributed by atoms with Crippen LogP contribution in [0.3, 0.4) is 0 Å². The summed E-state index contributed by atoms with van der Waals surface area (Å²) in [6, 6.07) is 5.26. The third-order valence-corrected chi connectivity index (χ3v) is 4.50. The lowest BCUT2D eigenvalue weighted by molar-refractivity contribution is 0.598. The normalized spacial score (nSPS) is 11.5. The number of hydrogen-bond acceptors (Lipinski definition) is 3. The number of benzene rings is 1. The van der Waals surface area contributed by atoms with Crippen LogP contribution in [-0.2, 0) is 17.1 Å². The molecule has 1 aromatic heterocycles. The molecule has 1 N–H and O–H groups in total. The monoisotopic (exact) mass is 329 g/mol. The number of sulfonamides is 1. The Labute approximate surface area is 114 Å². The van der Waals surface area contributed by atoms with Crippen molar-refractivity contribution in [1.29, 1.82) is 0 Å². The molecule has 1 aromatic carbocycles. The smallest absolute Gasteiger partial charge is 0.280 e. The molecule has 18 heavy (non-hydrogen) atoms. The first-order chi connectivity index (χ1) is 8.38. The first-order valence-corrected chi connectivity index (χ1v) is 7.43. The molecule has 0 atom stereocenters. The SMILES string of the molecule is Cc1ccc(NS(=O)(=O)c2cn(C)cn2)cc1Br. The van der Waals surface area contributed by atoms with Gasteiger partial charge >= 0.3 is 0 Å². The fraction of sp³-hybridized carbons (Fsp3) is 0.182. The lowest BCUT2D eigenvalue weighted by atomic mass is 10.2. The second kappa shape index (κ2) is 4.74. The van der Waals surface area contributed by atoms with Gasteiger partial charge in [-0.25, -0.2) is 4.98 Å². The van der Waals surface area contributed by atoms with Gasteiger partial charge in [0.1, 0.15) is 0 Å². The number of nitrogens with one attached hydrogen (secondary N) is 1. The van der Waals surface area contributed by atoms with Gasteiger partial charge in [0.15, 0.2) is 5.03 Å². The molecule has 2 rings (SSSR count). The average Bonchev–Trinajstić information content (AvgIpc) is 2.71. The van der Waals surface area contributed by atoms with Gasteiger partial charge in [-0.05, 0) is 24.6 Å². The van der Waals surface area contributed by atoms with E-state index in [9.17, 15) is 8.42 Å². The molecule has 0 aliphatic heterocycles. The van der Waals surface area contributed by atoms with Gasteiger partial charge < -0.3 is 4.57 Å². The summed E-state index contributed by atoms with van der Waals surface area (Å²) in [5, 5.41) is 0.00157. The lowest BCUT2D eigenvalue weighted by Crippen LogP contribution is -2.13. The predicted octanol–water partition coefficient (Wildman–Crippen LogP) is 2.29. The van der Waals surface area contributed by atoms with Crippen LogP contribution in [0.1, 0.15) is 5.56 Å². The first kappa shape index (κ1) is 13.1. The van der Waals surface area contributed by atoms with Crippen molar-refractivity contribution in [3.8, 4) is 0 Å². The van der Waals surface area contributed by atoms with E-state index in [0.717, 1.165) is 10.0 Å². The Balaban J connectivity index is 2.30. The summed E-state index contributed by atoms with van der Waals surface area (Å²) in [4.78, 5) is 3.82. The number of nitrogens with zero attached hydrogens (tertiary/aromatic N) is 2. The number of imidazole rings is 1. The summed E-state index contributed by atoms with van der Waals surface area (Å²) >= 11 is 3.36. The molecule has 7 heteroatoms. The zero-order valence-corrected chi connectivity index (χ0v) is 12.3. The van der Waals surface area contributed by atoms with Gasteiger partial charge in [-0.3, -0.25) is 4.72 Å². The summed E-state index contributed by atoms with van der Waals surface area (Å²) in [5.41, 5.74) is 1.54. The van der Waals surface area contributed by atoms with E-state index in [1.165, 1.54) is 12.5 Å². The van der Waals surface area contributed by atoms with E-state index in [1.807, 2.05) is 13.0 Å². The molecule has 0 aliphatic rings. The molecule has 0 saturated carbocycles. The lowest BCUT2D eigenvalue weighted by Gasteiger charge is -2.07. The average molecular weight is 330 g/mol. The largest absolute Gasteiger partial charge is 0.339 e. The number of rotatable bonds is 3. The molecular weight excluding hydrogens is 318 g/mol. The highest BCUT2D eigenvalue weighted by molar-refractivity contribution is 9.10. The van der Waals surface area contributed by atoms with Crippen molar-refractivity contribution in [1.82, 2.24) is 9.55 Å². The third-order valence-electron chi connectivity index (χ3n) is 2.38. The van der Waals surface area contributed by atoms with Crippen LogP contribution in [0, 0.1) is 6.92 Å². The molecule has 0 aliphatic carbocycles. The molecule has 0 fully saturated rings. The van der Waals surface area contributed by atoms with Gasteiger partial charge in [-0.1, -0.05) is 22.0 Å². The molecule has 2 aromatic rings. The van der Waals surface area contributed by atoms with Crippen LogP contribution in [0.15, 0.2) is 40.2 Å². The molecule has 1 heterocycles. The van der Waals surface area contributed by atoms with E-state index in [-0.39, 0.29) is 5.03 Å². The zero-order valence-electron chi connectivity index (χ0n) is 9.88. The van der Waals surface area contributed by atoms with Gasteiger partial charge in [0.05, 0.1) is 12.0 Å². The van der Waals surface area contributed by atoms with Crippen molar-refractivity contribution in [2.45, 2.75) is 11.9 Å². The minimum Gasteiger partial charge on any atom is -0.339 e. The van der Waals surface area contributed by atoms with Gasteiger partial charge in [0.2, 0.25) is 0 Å². The Hall–Kier alpha value is -1.34. The van der Waals surface area contributed by atoms with Gasteiger partial charge in [0.25, 0.3) is 10.0 Å². The molecule has 96 valence electrons. The fourth-order valence-electron chi connectivity index (χ4n) is 1.39. The van der Waals surface area contributed by atoms with Crippen LogP contribution >= 0.6 is 15.9 Å². The first-order valence-electron chi connectivity index (χ1n) is 5.15. The Morgan fingerprint density at radius 3 is 2.67 bits per heavy atom. The van der Waals surface area contributed by atoms with Crippen LogP contribution in [0.25, 0.3) is 0 Å². The van der Waals surface area contributed by atoms with Gasteiger partial charge in [-0.15, -0.1) is 0 Å². The van der Waals surface area contributed by atoms with Crippen molar-refractivity contribution >= 4 is 31.6 Å². The van der Waals surface area contributed by atoms with E-state index in [1.54, 1.807) is 23.7 Å². The predicted molar refractivity (Wildman–Crippen MR) is 72.9 cm³/mol. The second-order valence-electron chi connectivity index (χ2n) is 3.95. The van der Waals surface area contributed by atoms with Crippen molar-refractivity contribution < 1.29 is 8.42 Å². The molecule has 0 amide bonds. The highest BCUT2D eigenvalue weighted by atomic mass is 79.9. The summed E-state index contributed by atoms with van der Waals surface area (Å²) in [5.74, 6) is 0. The molecule has 0 unspecified atom stereocenters. The van der Waals surface area contributed by atoms with Gasteiger partial charge in [-0.2, -0.15) is 8.42 Å². The highest BCUT2D eigenvalue weighted by Gasteiger charge is 2.17. The number of aromatic nitrogens is 2. The summed E-state index contributed by atoms with van der Waals surface area (Å²) in [7, 11) is -1.91. The minimum absolute atomic E-state index is 0.00157. The quantitative estimate of drug-likeness (QED) is 0.939. The van der Waals surface area contributed by atoms with Crippen molar-refractivity contribution in [2.75, 3.05) is 4.72 Å². The van der Waals surface area contributed by atoms with Crippen molar-refractivity contribution in [3.63, 3.8) is 0 Å². The molecule has 0 radical (unpaired) electrons. The van der Waals surface area contributed by atoms with Crippen LogP contribution < -0.4 is 4.72 Å². The third kappa shape index (κ3) is 2.73. The fourth-order valence-corrected chi connectivity index (χ4v) is 2.80. The highest BCUT2D eigenvalue weighted by Crippen LogP contribution is 2.22. The van der Waals surface area contributed by atoms with Crippen LogP contribution in [-0.4, -0.2) is 18.0 Å². The number of hydrogen-bond donors (Lipinski definition) is 1. The number of halogens is 1. The maximum atomic E-state index is 12.0. The van der Waals surface area contributed by atoms with Crippen molar-refractivity contribution in [2.24, 2.45) is 7.05 Å². The number of anilines is 1. The van der Waals surface area contributed by atoms with E-state index in [2.05, 4.69) is 25.6 Å². The maximum Gasteiger partial charge on any atom is 0.280 e. The number of aryl methyl sites for hydroxylation is 2. The van der Waals surface area contributed by atoms with Gasteiger partial charge in [0, 0.05) is 17.7 Å². The Bertz CT molecular complexity index is 679. The zero-order chi connectivity index (χ0) is 13.3. The summed E-state index contributed by atoms with van der Waals surface area (Å²) < 4.78 is 28.9. The standard InChI is InChI=1S/C11H12BrN3O2S/c1-8-3-4-9(5-10(8)12)14-18(16,17)11-6-15(2)7-13-11/h3-7,14H,1-2H3. The Morgan fingerprint density at radius 1 is 1.39 bits per heavy atom. The van der Waals surface area contributed by atoms with E-state index in [0.29, 0.717) is 5.69 Å². The molecule has 0 bridgehead atoms. The molecule has 0 spiro atoms. The van der Waals surface area contributed by atoms with E-state index < -0.39 is 10.0 Å².